The Labute approximate surface area is 77.0 Å². The Morgan fingerprint density at radius 3 is 2.62 bits per heavy atom. The molecule has 1 saturated carbocycles. The van der Waals surface area contributed by atoms with Gasteiger partial charge in [0.05, 0.1) is 0 Å². The Morgan fingerprint density at radius 1 is 1.08 bits per heavy atom. The lowest BCUT2D eigenvalue weighted by Crippen LogP contribution is -2.44. The van der Waals surface area contributed by atoms with Gasteiger partial charge in [-0.25, -0.2) is 8.78 Å². The predicted octanol–water partition coefficient (Wildman–Crippen LogP) is 1.33. The van der Waals surface area contributed by atoms with Gasteiger partial charge in [-0.2, -0.15) is 0 Å². The second-order valence-corrected chi connectivity index (χ2v) is 4.02. The van der Waals surface area contributed by atoms with E-state index < -0.39 is 12.3 Å². The van der Waals surface area contributed by atoms with Crippen molar-refractivity contribution in [3.63, 3.8) is 0 Å². The molecule has 0 radical (unpaired) electrons. The minimum Gasteiger partial charge on any atom is -0.258 e. The molecule has 1 aliphatic carbocycles. The third-order valence-corrected chi connectivity index (χ3v) is 3.16. The van der Waals surface area contributed by atoms with Crippen molar-refractivity contribution in [1.82, 2.24) is 10.9 Å². The maximum absolute atomic E-state index is 13.5. The van der Waals surface area contributed by atoms with Gasteiger partial charge in [-0.05, 0) is 25.7 Å². The molecule has 13 heavy (non-hydrogen) atoms. The highest BCUT2D eigenvalue weighted by atomic mass is 19.2. The van der Waals surface area contributed by atoms with Crippen LogP contribution in [0.4, 0.5) is 8.78 Å². The molecule has 4 heteroatoms. The van der Waals surface area contributed by atoms with E-state index in [0.717, 1.165) is 25.8 Å². The Hall–Kier alpha value is -0.220. The zero-order chi connectivity index (χ0) is 9.26. The molecule has 4 atom stereocenters. The predicted molar refractivity (Wildman–Crippen MR) is 46.7 cm³/mol. The maximum Gasteiger partial charge on any atom is 0.135 e. The maximum atomic E-state index is 13.5. The topological polar surface area (TPSA) is 24.1 Å². The first-order valence-electron chi connectivity index (χ1n) is 5.05. The van der Waals surface area contributed by atoms with Gasteiger partial charge in [0, 0.05) is 18.5 Å². The lowest BCUT2D eigenvalue weighted by Gasteiger charge is -2.32. The van der Waals surface area contributed by atoms with Gasteiger partial charge in [-0.3, -0.25) is 10.9 Å². The van der Waals surface area contributed by atoms with E-state index in [9.17, 15) is 8.78 Å². The van der Waals surface area contributed by atoms with Crippen molar-refractivity contribution in [2.24, 2.45) is 5.92 Å². The first-order chi connectivity index (χ1) is 6.29. The van der Waals surface area contributed by atoms with Crippen molar-refractivity contribution in [2.45, 2.75) is 44.1 Å². The van der Waals surface area contributed by atoms with Crippen LogP contribution in [0.25, 0.3) is 0 Å². The fourth-order valence-electron chi connectivity index (χ4n) is 2.38. The third kappa shape index (κ3) is 1.83. The summed E-state index contributed by atoms with van der Waals surface area (Å²) >= 11 is 0. The van der Waals surface area contributed by atoms with Crippen molar-refractivity contribution in [2.75, 3.05) is 6.54 Å². The quantitative estimate of drug-likeness (QED) is 0.652. The molecule has 2 rings (SSSR count). The van der Waals surface area contributed by atoms with Crippen molar-refractivity contribution >= 4 is 0 Å². The van der Waals surface area contributed by atoms with E-state index in [1.165, 1.54) is 0 Å². The van der Waals surface area contributed by atoms with Gasteiger partial charge in [0.15, 0.2) is 0 Å². The van der Waals surface area contributed by atoms with Crippen LogP contribution in [-0.4, -0.2) is 24.9 Å². The smallest absolute Gasteiger partial charge is 0.135 e. The number of hydrazine groups is 1. The van der Waals surface area contributed by atoms with Crippen LogP contribution in [0.5, 0.6) is 0 Å². The molecule has 1 saturated heterocycles. The van der Waals surface area contributed by atoms with Gasteiger partial charge in [-0.15, -0.1) is 0 Å². The van der Waals surface area contributed by atoms with Crippen LogP contribution in [0.3, 0.4) is 0 Å². The summed E-state index contributed by atoms with van der Waals surface area (Å²) in [5.41, 5.74) is 5.99. The monoisotopic (exact) mass is 190 g/mol. The van der Waals surface area contributed by atoms with Crippen LogP contribution in [0.2, 0.25) is 0 Å². The summed E-state index contributed by atoms with van der Waals surface area (Å²) in [7, 11) is 0. The van der Waals surface area contributed by atoms with E-state index in [1.54, 1.807) is 0 Å². The van der Waals surface area contributed by atoms with Crippen LogP contribution in [0, 0.1) is 5.92 Å². The molecule has 0 aromatic carbocycles. The molecular formula is C9H16F2N2. The molecule has 0 amide bonds. The van der Waals surface area contributed by atoms with Gasteiger partial charge in [0.2, 0.25) is 0 Å². The van der Waals surface area contributed by atoms with Gasteiger partial charge in [0.1, 0.15) is 12.3 Å². The Morgan fingerprint density at radius 2 is 1.92 bits per heavy atom. The molecule has 2 aliphatic rings. The molecular weight excluding hydrogens is 174 g/mol. The minimum absolute atomic E-state index is 0.126. The van der Waals surface area contributed by atoms with Crippen molar-refractivity contribution in [3.05, 3.63) is 0 Å². The van der Waals surface area contributed by atoms with E-state index >= 15 is 0 Å². The molecule has 4 unspecified atom stereocenters. The summed E-state index contributed by atoms with van der Waals surface area (Å²) < 4.78 is 26.5. The summed E-state index contributed by atoms with van der Waals surface area (Å²) in [6.45, 7) is 0.866. The van der Waals surface area contributed by atoms with Gasteiger partial charge >= 0.3 is 0 Å². The van der Waals surface area contributed by atoms with Crippen LogP contribution >= 0.6 is 0 Å². The summed E-state index contributed by atoms with van der Waals surface area (Å²) in [6.07, 6.45) is 0.466. The summed E-state index contributed by atoms with van der Waals surface area (Å²) in [5.74, 6) is -0.126. The summed E-state index contributed by atoms with van der Waals surface area (Å²) in [4.78, 5) is 0. The van der Waals surface area contributed by atoms with Gasteiger partial charge in [-0.1, -0.05) is 0 Å². The van der Waals surface area contributed by atoms with Gasteiger partial charge < -0.3 is 0 Å². The minimum atomic E-state index is -1.26. The molecule has 2 N–H and O–H groups in total. The lowest BCUT2D eigenvalue weighted by molar-refractivity contribution is 0.0496. The van der Waals surface area contributed by atoms with Crippen LogP contribution in [0.1, 0.15) is 25.7 Å². The zero-order valence-electron chi connectivity index (χ0n) is 7.60. The molecule has 2 fully saturated rings. The standard InChI is InChI=1S/C9H16F2N2/c10-7-3-1-2-6(9(7)11)8-4-5-12-13-8/h6-9,12-13H,1-5H2. The van der Waals surface area contributed by atoms with Crippen LogP contribution < -0.4 is 10.9 Å². The summed E-state index contributed by atoms with van der Waals surface area (Å²) in [5, 5.41) is 0. The average Bonchev–Trinajstić information content (AvgIpc) is 2.62. The molecule has 1 aliphatic heterocycles. The van der Waals surface area contributed by atoms with E-state index in [1.807, 2.05) is 0 Å². The van der Waals surface area contributed by atoms with Crippen LogP contribution in [-0.2, 0) is 0 Å². The highest BCUT2D eigenvalue weighted by Crippen LogP contribution is 2.33. The zero-order valence-corrected chi connectivity index (χ0v) is 7.60. The Bertz CT molecular complexity index is 169. The number of hydrogen-bond acceptors (Lipinski definition) is 2. The number of hydrogen-bond donors (Lipinski definition) is 2. The third-order valence-electron chi connectivity index (χ3n) is 3.16. The first kappa shape index (κ1) is 9.34. The summed E-state index contributed by atoms with van der Waals surface area (Å²) in [6, 6.07) is 0.133. The van der Waals surface area contributed by atoms with E-state index in [2.05, 4.69) is 10.9 Å². The Kier molecular flexibility index (Phi) is 2.79. The van der Waals surface area contributed by atoms with E-state index in [4.69, 9.17) is 0 Å². The molecule has 2 nitrogen and oxygen atoms in total. The fraction of sp³-hybridized carbons (Fsp3) is 1.00. The van der Waals surface area contributed by atoms with E-state index in [0.29, 0.717) is 6.42 Å². The van der Waals surface area contributed by atoms with Crippen LogP contribution in [0.15, 0.2) is 0 Å². The van der Waals surface area contributed by atoms with E-state index in [-0.39, 0.29) is 12.0 Å². The van der Waals surface area contributed by atoms with Crippen molar-refractivity contribution in [1.29, 1.82) is 0 Å². The first-order valence-corrected chi connectivity index (χ1v) is 5.05. The normalized spacial score (nSPS) is 46.6. The fourth-order valence-corrected chi connectivity index (χ4v) is 2.38. The van der Waals surface area contributed by atoms with Gasteiger partial charge in [0.25, 0.3) is 0 Å². The largest absolute Gasteiger partial charge is 0.258 e. The highest BCUT2D eigenvalue weighted by Gasteiger charge is 2.39. The number of halogens is 2. The number of alkyl halides is 2. The highest BCUT2D eigenvalue weighted by molar-refractivity contribution is 4.91. The molecule has 0 aromatic heterocycles. The lowest BCUT2D eigenvalue weighted by atomic mass is 9.81. The molecule has 1 heterocycles. The Balaban J connectivity index is 1.95. The molecule has 76 valence electrons. The average molecular weight is 190 g/mol. The SMILES string of the molecule is FC1CCCC(C2CCNN2)C1F. The van der Waals surface area contributed by atoms with Crippen molar-refractivity contribution < 1.29 is 8.78 Å². The number of nitrogens with one attached hydrogen (secondary N) is 2. The second kappa shape index (κ2) is 3.88. The van der Waals surface area contributed by atoms with Crippen molar-refractivity contribution in [3.8, 4) is 0 Å². The molecule has 0 bridgehead atoms. The molecule has 0 spiro atoms. The number of rotatable bonds is 1. The molecule has 0 aromatic rings. The second-order valence-electron chi connectivity index (χ2n) is 4.02.